The Morgan fingerprint density at radius 1 is 1.21 bits per heavy atom. The predicted octanol–water partition coefficient (Wildman–Crippen LogP) is 4.64. The van der Waals surface area contributed by atoms with E-state index in [4.69, 9.17) is 9.47 Å². The molecule has 0 spiro atoms. The predicted molar refractivity (Wildman–Crippen MR) is 123 cm³/mol. The van der Waals surface area contributed by atoms with Crippen LogP contribution in [-0.2, 0) is 16.0 Å². The molecule has 4 heterocycles. The lowest BCUT2D eigenvalue weighted by molar-refractivity contribution is 0.00721. The van der Waals surface area contributed by atoms with Gasteiger partial charge in [0.2, 0.25) is 0 Å². The fourth-order valence-corrected chi connectivity index (χ4v) is 4.09. The number of fused-ring (bicyclic) bond motifs is 2. The molecule has 1 saturated carbocycles. The van der Waals surface area contributed by atoms with Gasteiger partial charge in [0.15, 0.2) is 5.82 Å². The van der Waals surface area contributed by atoms with Crippen LogP contribution in [0.25, 0.3) is 27.9 Å². The van der Waals surface area contributed by atoms with Crippen LogP contribution in [0.3, 0.4) is 0 Å². The number of carbonyl (C=O) groups excluding carboxylic acids is 2. The Hall–Kier alpha value is -3.75. The van der Waals surface area contributed by atoms with E-state index in [0.717, 1.165) is 29.9 Å². The Balaban J connectivity index is 1.79. The molecule has 0 saturated heterocycles. The van der Waals surface area contributed by atoms with Gasteiger partial charge in [-0.25, -0.2) is 23.5 Å². The van der Waals surface area contributed by atoms with E-state index in [-0.39, 0.29) is 22.3 Å². The Morgan fingerprint density at radius 3 is 2.65 bits per heavy atom. The number of esters is 2. The maximum absolute atomic E-state index is 15.4. The van der Waals surface area contributed by atoms with E-state index in [1.54, 1.807) is 27.0 Å². The Morgan fingerprint density at radius 2 is 1.97 bits per heavy atom. The molecule has 34 heavy (non-hydrogen) atoms. The van der Waals surface area contributed by atoms with Crippen LogP contribution in [-0.4, -0.2) is 43.8 Å². The highest BCUT2D eigenvalue weighted by atomic mass is 19.1. The molecule has 1 aliphatic rings. The molecule has 0 atom stereocenters. The molecule has 4 aromatic heterocycles. The highest BCUT2D eigenvalue weighted by Gasteiger charge is 2.32. The zero-order chi connectivity index (χ0) is 24.2. The molecule has 0 radical (unpaired) electrons. The van der Waals surface area contributed by atoms with Crippen LogP contribution in [0, 0.1) is 11.7 Å². The number of hydrogen-bond donors (Lipinski definition) is 0. The SMILES string of the molecule is COC(=O)c1cc(F)c2c(C(=O)OC(C)(C)C)c(-c3cc4cccnc4n3CC3CC3)nn2c1. The van der Waals surface area contributed by atoms with Crippen molar-refractivity contribution in [3.8, 4) is 11.4 Å². The molecule has 4 aromatic rings. The normalized spacial score (nSPS) is 14.0. The standard InChI is InChI=1S/C25H25FN4O4/c1-25(2,3)34-24(32)19-20(28-30-13-16(23(31)33-4)10-17(26)21(19)30)18-11-15-6-5-9-27-22(15)29(18)12-14-7-8-14/h5-6,9-11,13-14H,7-8,12H2,1-4H3. The van der Waals surface area contributed by atoms with Crippen molar-refractivity contribution < 1.29 is 23.5 Å². The molecule has 0 unspecified atom stereocenters. The fourth-order valence-electron chi connectivity index (χ4n) is 4.09. The molecule has 176 valence electrons. The Labute approximate surface area is 195 Å². The lowest BCUT2D eigenvalue weighted by Crippen LogP contribution is -2.24. The zero-order valence-corrected chi connectivity index (χ0v) is 19.5. The number of methoxy groups -OCH3 is 1. The second kappa shape index (κ2) is 7.93. The zero-order valence-electron chi connectivity index (χ0n) is 19.5. The van der Waals surface area contributed by atoms with Crippen molar-refractivity contribution in [2.75, 3.05) is 7.11 Å². The number of rotatable bonds is 5. The van der Waals surface area contributed by atoms with Gasteiger partial charge in [-0.3, -0.25) is 0 Å². The summed E-state index contributed by atoms with van der Waals surface area (Å²) in [5.74, 6) is -1.66. The summed E-state index contributed by atoms with van der Waals surface area (Å²) in [4.78, 5) is 30.0. The smallest absolute Gasteiger partial charge is 0.343 e. The average Bonchev–Trinajstić information content (AvgIpc) is 3.40. The summed E-state index contributed by atoms with van der Waals surface area (Å²) in [6.07, 6.45) is 5.31. The third kappa shape index (κ3) is 3.91. The summed E-state index contributed by atoms with van der Waals surface area (Å²) >= 11 is 0. The largest absolute Gasteiger partial charge is 0.465 e. The van der Waals surface area contributed by atoms with Crippen LogP contribution >= 0.6 is 0 Å². The van der Waals surface area contributed by atoms with Crippen molar-refractivity contribution >= 4 is 28.5 Å². The second-order valence-electron chi connectivity index (χ2n) is 9.59. The minimum Gasteiger partial charge on any atom is -0.465 e. The molecule has 8 nitrogen and oxygen atoms in total. The van der Waals surface area contributed by atoms with Gasteiger partial charge in [0, 0.05) is 24.3 Å². The quantitative estimate of drug-likeness (QED) is 0.400. The van der Waals surface area contributed by atoms with E-state index >= 15 is 4.39 Å². The summed E-state index contributed by atoms with van der Waals surface area (Å²) in [6, 6.07) is 6.73. The summed E-state index contributed by atoms with van der Waals surface area (Å²) in [7, 11) is 1.22. The first-order chi connectivity index (χ1) is 16.2. The third-order valence-electron chi connectivity index (χ3n) is 5.74. The number of nitrogens with zero attached hydrogens (tertiary/aromatic N) is 4. The number of halogens is 1. The van der Waals surface area contributed by atoms with Crippen LogP contribution in [0.4, 0.5) is 4.39 Å². The van der Waals surface area contributed by atoms with E-state index < -0.39 is 23.4 Å². The Kier molecular flexibility index (Phi) is 5.15. The summed E-state index contributed by atoms with van der Waals surface area (Å²) in [6.45, 7) is 5.95. The topological polar surface area (TPSA) is 87.7 Å². The summed E-state index contributed by atoms with van der Waals surface area (Å²) in [5.41, 5.74) is 0.812. The number of pyridine rings is 2. The highest BCUT2D eigenvalue weighted by Crippen LogP contribution is 2.37. The van der Waals surface area contributed by atoms with E-state index in [9.17, 15) is 9.59 Å². The fraction of sp³-hybridized carbons (Fsp3) is 0.360. The van der Waals surface area contributed by atoms with Gasteiger partial charge in [-0.05, 0) is 63.8 Å². The summed E-state index contributed by atoms with van der Waals surface area (Å²) in [5, 5.41) is 5.47. The van der Waals surface area contributed by atoms with Gasteiger partial charge in [-0.1, -0.05) is 0 Å². The molecule has 9 heteroatoms. The molecule has 0 aliphatic heterocycles. The lowest BCUT2D eigenvalue weighted by Gasteiger charge is -2.19. The lowest BCUT2D eigenvalue weighted by atomic mass is 10.1. The van der Waals surface area contributed by atoms with Crippen LogP contribution < -0.4 is 0 Å². The molecule has 5 rings (SSSR count). The van der Waals surface area contributed by atoms with Crippen molar-refractivity contribution in [1.82, 2.24) is 19.2 Å². The minimum absolute atomic E-state index is 0.00342. The number of aromatic nitrogens is 4. The molecule has 0 N–H and O–H groups in total. The van der Waals surface area contributed by atoms with Crippen molar-refractivity contribution in [3.63, 3.8) is 0 Å². The Bertz CT molecular complexity index is 1440. The third-order valence-corrected chi connectivity index (χ3v) is 5.74. The van der Waals surface area contributed by atoms with Crippen molar-refractivity contribution in [2.45, 2.75) is 45.8 Å². The van der Waals surface area contributed by atoms with Gasteiger partial charge in [0.1, 0.15) is 28.0 Å². The maximum Gasteiger partial charge on any atom is 0.343 e. The summed E-state index contributed by atoms with van der Waals surface area (Å²) < 4.78 is 29.0. The second-order valence-corrected chi connectivity index (χ2v) is 9.59. The van der Waals surface area contributed by atoms with E-state index in [0.29, 0.717) is 18.2 Å². The first kappa shape index (κ1) is 22.1. The van der Waals surface area contributed by atoms with Crippen molar-refractivity contribution in [3.05, 3.63) is 53.6 Å². The van der Waals surface area contributed by atoms with Gasteiger partial charge < -0.3 is 14.0 Å². The van der Waals surface area contributed by atoms with Crippen molar-refractivity contribution in [2.24, 2.45) is 5.92 Å². The molecule has 1 fully saturated rings. The van der Waals surface area contributed by atoms with Crippen molar-refractivity contribution in [1.29, 1.82) is 0 Å². The first-order valence-electron chi connectivity index (χ1n) is 11.1. The average molecular weight is 464 g/mol. The van der Waals surface area contributed by atoms with Crippen LogP contribution in [0.2, 0.25) is 0 Å². The molecular weight excluding hydrogens is 439 g/mol. The van der Waals surface area contributed by atoms with E-state index in [2.05, 4.69) is 10.1 Å². The van der Waals surface area contributed by atoms with Gasteiger partial charge in [0.05, 0.1) is 18.4 Å². The molecule has 0 bridgehead atoms. The monoisotopic (exact) mass is 464 g/mol. The highest BCUT2D eigenvalue weighted by molar-refractivity contribution is 6.04. The number of ether oxygens (including phenoxy) is 2. The van der Waals surface area contributed by atoms with E-state index in [1.165, 1.54) is 17.8 Å². The molecule has 0 aromatic carbocycles. The van der Waals surface area contributed by atoms with Gasteiger partial charge >= 0.3 is 11.9 Å². The van der Waals surface area contributed by atoms with Crippen LogP contribution in [0.5, 0.6) is 0 Å². The van der Waals surface area contributed by atoms with Gasteiger partial charge in [-0.2, -0.15) is 5.10 Å². The van der Waals surface area contributed by atoms with Gasteiger partial charge in [-0.15, -0.1) is 0 Å². The first-order valence-corrected chi connectivity index (χ1v) is 11.1. The molecule has 0 amide bonds. The number of carbonyl (C=O) groups is 2. The maximum atomic E-state index is 15.4. The number of hydrogen-bond acceptors (Lipinski definition) is 6. The molecule has 1 aliphatic carbocycles. The van der Waals surface area contributed by atoms with Crippen LogP contribution in [0.1, 0.15) is 54.3 Å². The molecular formula is C25H25FN4O4. The van der Waals surface area contributed by atoms with Crippen LogP contribution in [0.15, 0.2) is 36.7 Å². The van der Waals surface area contributed by atoms with Gasteiger partial charge in [0.25, 0.3) is 0 Å². The van der Waals surface area contributed by atoms with E-state index in [1.807, 2.05) is 22.8 Å². The minimum atomic E-state index is -0.798.